The van der Waals surface area contributed by atoms with Crippen LogP contribution in [0.1, 0.15) is 75.2 Å². The molecular weight excluding hydrogens is 480 g/mol. The summed E-state index contributed by atoms with van der Waals surface area (Å²) in [6, 6.07) is -2.84. The predicted molar refractivity (Wildman–Crippen MR) is 136 cm³/mol. The van der Waals surface area contributed by atoms with E-state index in [1.54, 1.807) is 20.8 Å². The van der Waals surface area contributed by atoms with Gasteiger partial charge in [0.05, 0.1) is 13.2 Å². The summed E-state index contributed by atoms with van der Waals surface area (Å²) in [6.45, 7) is 17.0. The number of carbonyl (C=O) groups is 5. The molecule has 2 aliphatic rings. The Balaban J connectivity index is 2.31. The Morgan fingerprint density at radius 3 is 2.11 bits per heavy atom. The van der Waals surface area contributed by atoms with Crippen molar-refractivity contribution in [3.63, 3.8) is 0 Å². The lowest BCUT2D eigenvalue weighted by Gasteiger charge is -2.38. The van der Waals surface area contributed by atoms with E-state index < -0.39 is 58.7 Å². The van der Waals surface area contributed by atoms with Crippen LogP contribution >= 0.6 is 0 Å². The molecule has 2 rings (SSSR count). The summed E-state index contributed by atoms with van der Waals surface area (Å²) in [5, 5.41) is 5.42. The Bertz CT molecular complexity index is 919. The number of piperidine rings is 1. The monoisotopic (exact) mass is 524 g/mol. The summed E-state index contributed by atoms with van der Waals surface area (Å²) < 4.78 is 5.38. The van der Waals surface area contributed by atoms with E-state index in [0.717, 1.165) is 0 Å². The number of amides is 4. The highest BCUT2D eigenvalue weighted by Gasteiger charge is 2.69. The SMILES string of the molecule is CCC[C@H](NC(=O)[C@@H]1[C@@H]2[C@H](CN1C(=O)[C@@H](NC(=O)OC(C)(C)C)C(C)(C)C)C2(C)C)C(=O)C(=O)NOC. The first-order chi connectivity index (χ1) is 16.9. The quantitative estimate of drug-likeness (QED) is 0.309. The fourth-order valence-electron chi connectivity index (χ4n) is 5.17. The molecule has 1 heterocycles. The van der Waals surface area contributed by atoms with Crippen molar-refractivity contribution in [1.29, 1.82) is 0 Å². The molecule has 11 nitrogen and oxygen atoms in total. The average molecular weight is 525 g/mol. The highest BCUT2D eigenvalue weighted by molar-refractivity contribution is 6.38. The van der Waals surface area contributed by atoms with Gasteiger partial charge < -0.3 is 20.3 Å². The van der Waals surface area contributed by atoms with Crippen LogP contribution in [0.3, 0.4) is 0 Å². The number of Topliss-reactive ketones (excluding diaryl/α,β-unsaturated/α-hetero) is 1. The van der Waals surface area contributed by atoms with Crippen molar-refractivity contribution in [2.24, 2.45) is 22.7 Å². The fraction of sp³-hybridized carbons (Fsp3) is 0.808. The van der Waals surface area contributed by atoms with Crippen molar-refractivity contribution >= 4 is 29.6 Å². The van der Waals surface area contributed by atoms with E-state index in [-0.39, 0.29) is 23.7 Å². The number of ether oxygens (including phenoxy) is 1. The van der Waals surface area contributed by atoms with Crippen LogP contribution in [0.4, 0.5) is 4.79 Å². The molecule has 4 amide bonds. The van der Waals surface area contributed by atoms with Crippen LogP contribution in [0.15, 0.2) is 0 Å². The van der Waals surface area contributed by atoms with Crippen molar-refractivity contribution in [3.05, 3.63) is 0 Å². The number of hydroxylamine groups is 1. The van der Waals surface area contributed by atoms with Crippen LogP contribution in [0.25, 0.3) is 0 Å². The van der Waals surface area contributed by atoms with Crippen molar-refractivity contribution in [2.45, 2.75) is 98.9 Å². The van der Waals surface area contributed by atoms with Gasteiger partial charge in [-0.05, 0) is 49.9 Å². The summed E-state index contributed by atoms with van der Waals surface area (Å²) in [6.07, 6.45) is 0.0856. The first-order valence-corrected chi connectivity index (χ1v) is 12.8. The summed E-state index contributed by atoms with van der Waals surface area (Å²) in [7, 11) is 1.22. The van der Waals surface area contributed by atoms with Crippen LogP contribution in [-0.4, -0.2) is 71.9 Å². The number of nitrogens with one attached hydrogen (secondary N) is 3. The molecule has 37 heavy (non-hydrogen) atoms. The number of nitrogens with zero attached hydrogens (tertiary/aromatic N) is 1. The normalized spacial score (nSPS) is 23.8. The summed E-state index contributed by atoms with van der Waals surface area (Å²) in [4.78, 5) is 70.8. The Kier molecular flexibility index (Phi) is 9.05. The molecule has 5 atom stereocenters. The lowest BCUT2D eigenvalue weighted by atomic mass is 9.85. The summed E-state index contributed by atoms with van der Waals surface area (Å²) in [5.74, 6) is -2.67. The van der Waals surface area contributed by atoms with Gasteiger partial charge in [0.2, 0.25) is 17.6 Å². The number of hydrogen-bond donors (Lipinski definition) is 3. The van der Waals surface area contributed by atoms with Crippen molar-refractivity contribution in [2.75, 3.05) is 13.7 Å². The minimum atomic E-state index is -1.05. The predicted octanol–water partition coefficient (Wildman–Crippen LogP) is 1.94. The molecule has 0 aromatic heterocycles. The first-order valence-electron chi connectivity index (χ1n) is 12.8. The molecule has 210 valence electrons. The number of carbonyl (C=O) groups excluding carboxylic acids is 5. The van der Waals surface area contributed by atoms with E-state index in [0.29, 0.717) is 13.0 Å². The second-order valence-electron chi connectivity index (χ2n) is 12.7. The molecule has 0 aromatic carbocycles. The van der Waals surface area contributed by atoms with Crippen LogP contribution in [-0.2, 0) is 28.8 Å². The molecule has 0 radical (unpaired) electrons. The Hall–Kier alpha value is -2.69. The molecule has 0 spiro atoms. The maximum atomic E-state index is 13.9. The van der Waals surface area contributed by atoms with Crippen LogP contribution in [0.5, 0.6) is 0 Å². The smallest absolute Gasteiger partial charge is 0.408 e. The first kappa shape index (κ1) is 30.5. The van der Waals surface area contributed by atoms with Gasteiger partial charge in [0.25, 0.3) is 0 Å². The average Bonchev–Trinajstić information content (AvgIpc) is 3.08. The van der Waals surface area contributed by atoms with E-state index in [4.69, 9.17) is 4.74 Å². The number of alkyl carbamates (subject to hydrolysis) is 1. The zero-order chi connectivity index (χ0) is 28.5. The van der Waals surface area contributed by atoms with Gasteiger partial charge in [-0.1, -0.05) is 48.0 Å². The second-order valence-corrected chi connectivity index (χ2v) is 12.7. The highest BCUT2D eigenvalue weighted by atomic mass is 16.6. The third kappa shape index (κ3) is 7.00. The third-order valence-electron chi connectivity index (χ3n) is 7.16. The van der Waals surface area contributed by atoms with Gasteiger partial charge in [0.1, 0.15) is 17.7 Å². The van der Waals surface area contributed by atoms with Gasteiger partial charge in [0.15, 0.2) is 0 Å². The lowest BCUT2D eigenvalue weighted by Crippen LogP contribution is -2.60. The molecule has 1 saturated carbocycles. The summed E-state index contributed by atoms with van der Waals surface area (Å²) in [5.41, 5.74) is 0.420. The summed E-state index contributed by atoms with van der Waals surface area (Å²) >= 11 is 0. The van der Waals surface area contributed by atoms with Crippen LogP contribution < -0.4 is 16.1 Å². The number of rotatable bonds is 9. The van der Waals surface area contributed by atoms with Crippen molar-refractivity contribution in [3.8, 4) is 0 Å². The Morgan fingerprint density at radius 1 is 1.03 bits per heavy atom. The molecule has 2 fully saturated rings. The van der Waals surface area contributed by atoms with Crippen molar-refractivity contribution < 1.29 is 33.5 Å². The molecule has 1 saturated heterocycles. The lowest BCUT2D eigenvalue weighted by molar-refractivity contribution is -0.147. The van der Waals surface area contributed by atoms with E-state index in [1.807, 2.05) is 47.0 Å². The second kappa shape index (κ2) is 11.0. The van der Waals surface area contributed by atoms with E-state index >= 15 is 0 Å². The number of ketones is 1. The maximum absolute atomic E-state index is 13.9. The molecular formula is C26H44N4O7. The van der Waals surface area contributed by atoms with E-state index in [2.05, 4.69) is 15.5 Å². The topological polar surface area (TPSA) is 143 Å². The number of hydrogen-bond acceptors (Lipinski definition) is 7. The van der Waals surface area contributed by atoms with E-state index in [9.17, 15) is 24.0 Å². The molecule has 0 bridgehead atoms. The van der Waals surface area contributed by atoms with Crippen LogP contribution in [0.2, 0.25) is 0 Å². The minimum Gasteiger partial charge on any atom is -0.444 e. The molecule has 1 aliphatic heterocycles. The Morgan fingerprint density at radius 2 is 1.62 bits per heavy atom. The standard InChI is InChI=1S/C26H44N4O7/c1-11-12-15(18(31)21(33)29-36-10)27-20(32)17-16-14(26(16,8)9)13-30(17)22(34)19(24(2,3)4)28-23(35)37-25(5,6)7/h14-17,19H,11-13H2,1-10H3,(H,27,32)(H,28,35)(H,29,33)/t14-,15-,16-,17-,19+/m0/s1. The Labute approximate surface area is 219 Å². The maximum Gasteiger partial charge on any atom is 0.408 e. The molecule has 11 heteroatoms. The van der Waals surface area contributed by atoms with Crippen LogP contribution in [0, 0.1) is 22.7 Å². The van der Waals surface area contributed by atoms with Gasteiger partial charge in [-0.15, -0.1) is 0 Å². The zero-order valence-electron chi connectivity index (χ0n) is 23.8. The number of likely N-dealkylation sites (tertiary alicyclic amines) is 1. The van der Waals surface area contributed by atoms with Gasteiger partial charge in [-0.3, -0.25) is 24.0 Å². The largest absolute Gasteiger partial charge is 0.444 e. The van der Waals surface area contributed by atoms with Gasteiger partial charge in [-0.2, -0.15) is 0 Å². The van der Waals surface area contributed by atoms with Gasteiger partial charge in [-0.25, -0.2) is 10.3 Å². The third-order valence-corrected chi connectivity index (χ3v) is 7.16. The molecule has 0 unspecified atom stereocenters. The molecule has 1 aliphatic carbocycles. The number of fused-ring (bicyclic) bond motifs is 1. The zero-order valence-corrected chi connectivity index (χ0v) is 23.8. The fourth-order valence-corrected chi connectivity index (χ4v) is 5.17. The molecule has 3 N–H and O–H groups in total. The van der Waals surface area contributed by atoms with Gasteiger partial charge >= 0.3 is 12.0 Å². The van der Waals surface area contributed by atoms with Crippen molar-refractivity contribution in [1.82, 2.24) is 21.0 Å². The minimum absolute atomic E-state index is 0.103. The van der Waals surface area contributed by atoms with E-state index in [1.165, 1.54) is 12.0 Å². The van der Waals surface area contributed by atoms with Gasteiger partial charge in [0, 0.05) is 6.54 Å². The molecule has 0 aromatic rings. The highest BCUT2D eigenvalue weighted by Crippen LogP contribution is 2.65.